The number of rotatable bonds is 7. The van der Waals surface area contributed by atoms with Crippen molar-refractivity contribution >= 4 is 70.5 Å². The monoisotopic (exact) mass is 861 g/mol. The van der Waals surface area contributed by atoms with Crippen molar-refractivity contribution in [3.05, 3.63) is 236 Å². The van der Waals surface area contributed by atoms with Gasteiger partial charge in [-0.3, -0.25) is 0 Å². The molecular formula is C63H43NOS. The Bertz CT molecular complexity index is 3840. The first-order valence-corrected chi connectivity index (χ1v) is 23.5. The lowest BCUT2D eigenvalue weighted by molar-refractivity contribution is 0.660. The Morgan fingerprint density at radius 3 is 1.70 bits per heavy atom. The number of fused-ring (bicyclic) bond motifs is 9. The van der Waals surface area contributed by atoms with Gasteiger partial charge in [0.05, 0.1) is 0 Å². The van der Waals surface area contributed by atoms with Crippen molar-refractivity contribution in [2.75, 3.05) is 4.90 Å². The number of furan rings is 1. The van der Waals surface area contributed by atoms with E-state index >= 15 is 0 Å². The molecule has 3 heteroatoms. The third-order valence-corrected chi connectivity index (χ3v) is 15.0. The minimum atomic E-state index is -0.105. The van der Waals surface area contributed by atoms with Gasteiger partial charge in [-0.15, -0.1) is 11.3 Å². The van der Waals surface area contributed by atoms with Crippen LogP contribution in [0.3, 0.4) is 0 Å². The van der Waals surface area contributed by atoms with Gasteiger partial charge in [-0.2, -0.15) is 0 Å². The highest BCUT2D eigenvalue weighted by Crippen LogP contribution is 2.51. The molecule has 0 radical (unpaired) electrons. The summed E-state index contributed by atoms with van der Waals surface area (Å²) in [5.74, 6) is 0. The van der Waals surface area contributed by atoms with Gasteiger partial charge in [0.1, 0.15) is 11.2 Å². The molecule has 0 saturated carbocycles. The molecule has 2 nitrogen and oxygen atoms in total. The van der Waals surface area contributed by atoms with Crippen LogP contribution in [0.5, 0.6) is 0 Å². The molecule has 0 unspecified atom stereocenters. The Kier molecular flexibility index (Phi) is 8.78. The average molecular weight is 862 g/mol. The predicted octanol–water partition coefficient (Wildman–Crippen LogP) is 18.4. The Hall–Kier alpha value is -7.98. The van der Waals surface area contributed by atoms with E-state index in [1.54, 1.807) is 0 Å². The molecular weight excluding hydrogens is 819 g/mol. The summed E-state index contributed by atoms with van der Waals surface area (Å²) in [5, 5.41) is 4.91. The van der Waals surface area contributed by atoms with Crippen LogP contribution in [0.25, 0.3) is 97.7 Å². The predicted molar refractivity (Wildman–Crippen MR) is 281 cm³/mol. The van der Waals surface area contributed by atoms with E-state index in [4.69, 9.17) is 4.42 Å². The fourth-order valence-corrected chi connectivity index (χ4v) is 11.6. The zero-order valence-electron chi connectivity index (χ0n) is 36.6. The lowest BCUT2D eigenvalue weighted by atomic mass is 9.81. The fraction of sp³-hybridized carbons (Fsp3) is 0.0476. The first-order chi connectivity index (χ1) is 32.4. The SMILES string of the molecule is CC1(C)c2ccc(-c3cccc(N(c4ccc(-c5ccc6c(c5)sc5ccccc56)cc4)c4ccc(-c5ccc6oc7ccccc7c6c5)cc4)c3)cc2-c2ccc(-c3ccccc3)cc21. The van der Waals surface area contributed by atoms with E-state index in [0.717, 1.165) is 50.1 Å². The Labute approximate surface area is 388 Å². The highest BCUT2D eigenvalue weighted by Gasteiger charge is 2.36. The normalized spacial score (nSPS) is 12.8. The largest absolute Gasteiger partial charge is 0.456 e. The van der Waals surface area contributed by atoms with Crippen molar-refractivity contribution in [1.29, 1.82) is 0 Å². The molecule has 2 aromatic heterocycles. The van der Waals surface area contributed by atoms with Crippen LogP contribution in [0.15, 0.2) is 229 Å². The summed E-state index contributed by atoms with van der Waals surface area (Å²) < 4.78 is 8.80. The van der Waals surface area contributed by atoms with Crippen LogP contribution in [-0.4, -0.2) is 0 Å². The van der Waals surface area contributed by atoms with Gasteiger partial charge in [0.15, 0.2) is 0 Å². The number of hydrogen-bond donors (Lipinski definition) is 0. The second-order valence-electron chi connectivity index (χ2n) is 18.1. The molecule has 0 amide bonds. The van der Waals surface area contributed by atoms with Crippen molar-refractivity contribution in [1.82, 2.24) is 0 Å². The Morgan fingerprint density at radius 1 is 0.333 bits per heavy atom. The van der Waals surface area contributed by atoms with Crippen LogP contribution >= 0.6 is 11.3 Å². The van der Waals surface area contributed by atoms with Crippen LogP contribution in [0.4, 0.5) is 17.1 Å². The summed E-state index contributed by atoms with van der Waals surface area (Å²) in [6, 6.07) is 82.2. The number of benzene rings is 10. The summed E-state index contributed by atoms with van der Waals surface area (Å²) >= 11 is 1.86. The second-order valence-corrected chi connectivity index (χ2v) is 19.2. The molecule has 0 fully saturated rings. The molecule has 2 heterocycles. The van der Waals surface area contributed by atoms with Gasteiger partial charge >= 0.3 is 0 Å². The molecule has 10 aromatic carbocycles. The zero-order valence-corrected chi connectivity index (χ0v) is 37.4. The molecule has 312 valence electrons. The minimum absolute atomic E-state index is 0.105. The highest BCUT2D eigenvalue weighted by atomic mass is 32.1. The molecule has 13 rings (SSSR count). The van der Waals surface area contributed by atoms with Crippen LogP contribution in [-0.2, 0) is 5.41 Å². The number of nitrogens with zero attached hydrogens (tertiary/aromatic N) is 1. The van der Waals surface area contributed by atoms with E-state index in [9.17, 15) is 0 Å². The molecule has 0 N–H and O–H groups in total. The maximum absolute atomic E-state index is 6.16. The van der Waals surface area contributed by atoms with Crippen LogP contribution in [0.1, 0.15) is 25.0 Å². The van der Waals surface area contributed by atoms with E-state index < -0.39 is 0 Å². The van der Waals surface area contributed by atoms with Crippen molar-refractivity contribution in [2.45, 2.75) is 19.3 Å². The van der Waals surface area contributed by atoms with Crippen molar-refractivity contribution < 1.29 is 4.42 Å². The van der Waals surface area contributed by atoms with Gasteiger partial charge in [0.2, 0.25) is 0 Å². The first-order valence-electron chi connectivity index (χ1n) is 22.7. The molecule has 0 aliphatic heterocycles. The van der Waals surface area contributed by atoms with Crippen molar-refractivity contribution in [3.8, 4) is 55.6 Å². The third kappa shape index (κ3) is 6.30. The second kappa shape index (κ2) is 15.1. The maximum atomic E-state index is 6.16. The molecule has 1 aliphatic rings. The Morgan fingerprint density at radius 2 is 0.894 bits per heavy atom. The number of thiophene rings is 1. The van der Waals surface area contributed by atoms with Gasteiger partial charge < -0.3 is 9.32 Å². The zero-order chi connectivity index (χ0) is 43.9. The summed E-state index contributed by atoms with van der Waals surface area (Å²) in [6.07, 6.45) is 0. The standard InChI is InChI=1S/C63H43NOS/c1-63(2)57-33-25-45(36-55(57)51-31-23-46(38-58(51)63)40-11-4-3-5-12-40)43-13-10-14-50(35-43)64(48-27-19-41(20-28-48)44-26-34-60-56(37-44)52-15-6-8-17-59(52)65-60)49-29-21-42(22-30-49)47-24-32-54-53-16-7-9-18-61(53)66-62(54)39-47/h3-39H,1-2H3. The maximum Gasteiger partial charge on any atom is 0.135 e. The van der Waals surface area contributed by atoms with Gasteiger partial charge in [0, 0.05) is 53.4 Å². The molecule has 0 spiro atoms. The van der Waals surface area contributed by atoms with Gasteiger partial charge in [0.25, 0.3) is 0 Å². The van der Waals surface area contributed by atoms with Crippen LogP contribution in [0, 0.1) is 0 Å². The number of anilines is 3. The molecule has 12 aromatic rings. The molecule has 1 aliphatic carbocycles. The number of hydrogen-bond acceptors (Lipinski definition) is 3. The first kappa shape index (κ1) is 38.5. The van der Waals surface area contributed by atoms with E-state index in [1.807, 2.05) is 23.5 Å². The van der Waals surface area contributed by atoms with Gasteiger partial charge in [-0.1, -0.05) is 159 Å². The highest BCUT2D eigenvalue weighted by molar-refractivity contribution is 7.25. The minimum Gasteiger partial charge on any atom is -0.456 e. The van der Waals surface area contributed by atoms with Crippen molar-refractivity contribution in [2.24, 2.45) is 0 Å². The topological polar surface area (TPSA) is 16.4 Å². The van der Waals surface area contributed by atoms with E-state index in [2.05, 4.69) is 231 Å². The van der Waals surface area contributed by atoms with Crippen LogP contribution < -0.4 is 4.90 Å². The van der Waals surface area contributed by atoms with Gasteiger partial charge in [-0.05, 0) is 146 Å². The van der Waals surface area contributed by atoms with E-state index in [0.29, 0.717) is 0 Å². The number of para-hydroxylation sites is 1. The van der Waals surface area contributed by atoms with Gasteiger partial charge in [-0.25, -0.2) is 0 Å². The quantitative estimate of drug-likeness (QED) is 0.159. The fourth-order valence-electron chi connectivity index (χ4n) is 10.4. The lowest BCUT2D eigenvalue weighted by Crippen LogP contribution is -2.15. The van der Waals surface area contributed by atoms with Crippen LogP contribution in [0.2, 0.25) is 0 Å². The van der Waals surface area contributed by atoms with E-state index in [-0.39, 0.29) is 5.41 Å². The van der Waals surface area contributed by atoms with E-state index in [1.165, 1.54) is 75.8 Å². The summed E-state index contributed by atoms with van der Waals surface area (Å²) in [4.78, 5) is 2.38. The average Bonchev–Trinajstić information content (AvgIpc) is 4.01. The molecule has 0 atom stereocenters. The lowest BCUT2D eigenvalue weighted by Gasteiger charge is -2.26. The summed E-state index contributed by atoms with van der Waals surface area (Å²) in [7, 11) is 0. The third-order valence-electron chi connectivity index (χ3n) is 13.9. The summed E-state index contributed by atoms with van der Waals surface area (Å²) in [5.41, 5.74) is 20.0. The smallest absolute Gasteiger partial charge is 0.135 e. The Balaban J connectivity index is 0.885. The molecule has 0 saturated heterocycles. The molecule has 66 heavy (non-hydrogen) atoms. The molecule has 0 bridgehead atoms. The van der Waals surface area contributed by atoms with Crippen molar-refractivity contribution in [3.63, 3.8) is 0 Å². The summed E-state index contributed by atoms with van der Waals surface area (Å²) in [6.45, 7) is 4.72.